The second-order valence-electron chi connectivity index (χ2n) is 5.82. The number of nitrogens with two attached hydrogens (primary N) is 2. The van der Waals surface area contributed by atoms with Gasteiger partial charge in [-0.25, -0.2) is 4.98 Å². The third-order valence-corrected chi connectivity index (χ3v) is 4.50. The molecular weight excluding hydrogens is 250 g/mol. The molecule has 1 fully saturated rings. The summed E-state index contributed by atoms with van der Waals surface area (Å²) in [4.78, 5) is 4.21. The molecule has 4 nitrogen and oxygen atoms in total. The van der Waals surface area contributed by atoms with E-state index in [4.69, 9.17) is 16.2 Å². The van der Waals surface area contributed by atoms with E-state index in [1.165, 1.54) is 25.7 Å². The number of pyridine rings is 1. The lowest BCUT2D eigenvalue weighted by molar-refractivity contribution is -0.0696. The van der Waals surface area contributed by atoms with Crippen molar-refractivity contribution in [2.45, 2.75) is 64.0 Å². The highest BCUT2D eigenvalue weighted by atomic mass is 16.5. The zero-order chi connectivity index (χ0) is 14.6. The maximum absolute atomic E-state index is 6.62. The van der Waals surface area contributed by atoms with Gasteiger partial charge in [-0.3, -0.25) is 0 Å². The van der Waals surface area contributed by atoms with Crippen molar-refractivity contribution in [2.75, 3.05) is 12.3 Å². The predicted octanol–water partition coefficient (Wildman–Crippen LogP) is 3.10. The monoisotopic (exact) mass is 277 g/mol. The maximum atomic E-state index is 6.62. The summed E-state index contributed by atoms with van der Waals surface area (Å²) < 4.78 is 6.17. The summed E-state index contributed by atoms with van der Waals surface area (Å²) in [6.45, 7) is 4.77. The summed E-state index contributed by atoms with van der Waals surface area (Å²) in [6.07, 6.45) is 8.64. The van der Waals surface area contributed by atoms with Crippen LogP contribution < -0.4 is 11.5 Å². The second kappa shape index (κ2) is 6.55. The van der Waals surface area contributed by atoms with E-state index in [1.807, 2.05) is 19.9 Å². The summed E-state index contributed by atoms with van der Waals surface area (Å²) in [5.74, 6) is 0.542. The number of hydrogen-bond donors (Lipinski definition) is 2. The van der Waals surface area contributed by atoms with Crippen molar-refractivity contribution in [3.63, 3.8) is 0 Å². The van der Waals surface area contributed by atoms with Gasteiger partial charge in [-0.1, -0.05) is 25.7 Å². The zero-order valence-corrected chi connectivity index (χ0v) is 12.7. The molecule has 1 aliphatic rings. The molecule has 0 bridgehead atoms. The van der Waals surface area contributed by atoms with Crippen LogP contribution in [0.1, 0.15) is 62.6 Å². The van der Waals surface area contributed by atoms with Gasteiger partial charge in [0.15, 0.2) is 0 Å². The molecule has 1 aromatic rings. The Labute approximate surface area is 121 Å². The average Bonchev–Trinajstić information content (AvgIpc) is 2.65. The lowest BCUT2D eigenvalue weighted by Crippen LogP contribution is -2.44. The van der Waals surface area contributed by atoms with Crippen LogP contribution >= 0.6 is 0 Å². The minimum atomic E-state index is -0.285. The van der Waals surface area contributed by atoms with Gasteiger partial charge in [-0.05, 0) is 38.3 Å². The molecule has 1 saturated carbocycles. The first-order chi connectivity index (χ1) is 9.60. The molecule has 0 spiro atoms. The van der Waals surface area contributed by atoms with Gasteiger partial charge in [0.05, 0.1) is 11.6 Å². The Bertz CT molecular complexity index is 419. The SMILES string of the molecule is CCOC1(C(N)c2c(C)ccnc2N)CCCCCC1. The highest BCUT2D eigenvalue weighted by Crippen LogP contribution is 2.41. The van der Waals surface area contributed by atoms with Crippen molar-refractivity contribution >= 4 is 5.82 Å². The smallest absolute Gasteiger partial charge is 0.128 e. The summed E-state index contributed by atoms with van der Waals surface area (Å²) in [5.41, 5.74) is 14.5. The molecule has 0 saturated heterocycles. The van der Waals surface area contributed by atoms with Crippen molar-refractivity contribution in [1.82, 2.24) is 4.98 Å². The molecule has 1 aliphatic carbocycles. The molecule has 1 heterocycles. The summed E-state index contributed by atoms with van der Waals surface area (Å²) in [6, 6.07) is 1.77. The first-order valence-corrected chi connectivity index (χ1v) is 7.71. The number of anilines is 1. The van der Waals surface area contributed by atoms with E-state index in [0.29, 0.717) is 12.4 Å². The molecule has 0 aromatic carbocycles. The van der Waals surface area contributed by atoms with E-state index >= 15 is 0 Å². The molecule has 20 heavy (non-hydrogen) atoms. The van der Waals surface area contributed by atoms with Crippen LogP contribution in [0.15, 0.2) is 12.3 Å². The predicted molar refractivity (Wildman–Crippen MR) is 82.4 cm³/mol. The number of ether oxygens (including phenoxy) is 1. The van der Waals surface area contributed by atoms with Crippen molar-refractivity contribution in [2.24, 2.45) is 5.73 Å². The Hall–Kier alpha value is -1.13. The molecule has 2 rings (SSSR count). The topological polar surface area (TPSA) is 74.2 Å². The third kappa shape index (κ3) is 2.96. The van der Waals surface area contributed by atoms with Crippen molar-refractivity contribution < 1.29 is 4.74 Å². The fourth-order valence-electron chi connectivity index (χ4n) is 3.42. The Balaban J connectivity index is 2.37. The fourth-order valence-corrected chi connectivity index (χ4v) is 3.42. The lowest BCUT2D eigenvalue weighted by Gasteiger charge is -2.39. The van der Waals surface area contributed by atoms with E-state index in [2.05, 4.69) is 4.98 Å². The van der Waals surface area contributed by atoms with Gasteiger partial charge in [0, 0.05) is 18.4 Å². The summed E-state index contributed by atoms with van der Waals surface area (Å²) in [5, 5.41) is 0. The molecule has 1 aromatic heterocycles. The van der Waals surface area contributed by atoms with Crippen LogP contribution in [0.4, 0.5) is 5.82 Å². The number of nitrogen functional groups attached to an aromatic ring is 1. The van der Waals surface area contributed by atoms with Crippen LogP contribution in [0.25, 0.3) is 0 Å². The maximum Gasteiger partial charge on any atom is 0.128 e. The fraction of sp³-hybridized carbons (Fsp3) is 0.688. The molecule has 112 valence electrons. The Kier molecular flexibility index (Phi) is 5.00. The minimum absolute atomic E-state index is 0.200. The number of hydrogen-bond acceptors (Lipinski definition) is 4. The molecule has 4 heteroatoms. The highest BCUT2D eigenvalue weighted by Gasteiger charge is 2.40. The van der Waals surface area contributed by atoms with Crippen LogP contribution in [0.3, 0.4) is 0 Å². The first kappa shape index (κ1) is 15.3. The minimum Gasteiger partial charge on any atom is -0.383 e. The van der Waals surface area contributed by atoms with Crippen molar-refractivity contribution in [3.05, 3.63) is 23.4 Å². The zero-order valence-electron chi connectivity index (χ0n) is 12.7. The Morgan fingerprint density at radius 1 is 1.30 bits per heavy atom. The van der Waals surface area contributed by atoms with Gasteiger partial charge in [-0.15, -0.1) is 0 Å². The molecular formula is C16H27N3O. The van der Waals surface area contributed by atoms with Crippen molar-refractivity contribution in [3.8, 4) is 0 Å². The first-order valence-electron chi connectivity index (χ1n) is 7.71. The number of aromatic nitrogens is 1. The van der Waals surface area contributed by atoms with E-state index in [1.54, 1.807) is 6.20 Å². The van der Waals surface area contributed by atoms with Crippen LogP contribution in [-0.4, -0.2) is 17.2 Å². The van der Waals surface area contributed by atoms with E-state index in [-0.39, 0.29) is 11.6 Å². The van der Waals surface area contributed by atoms with Gasteiger partial charge in [0.1, 0.15) is 5.82 Å². The number of nitrogens with zero attached hydrogens (tertiary/aromatic N) is 1. The molecule has 0 radical (unpaired) electrons. The van der Waals surface area contributed by atoms with E-state index in [0.717, 1.165) is 24.0 Å². The average molecular weight is 277 g/mol. The van der Waals surface area contributed by atoms with E-state index in [9.17, 15) is 0 Å². The lowest BCUT2D eigenvalue weighted by atomic mass is 9.81. The van der Waals surface area contributed by atoms with Crippen LogP contribution in [0.5, 0.6) is 0 Å². The van der Waals surface area contributed by atoms with Gasteiger partial charge in [-0.2, -0.15) is 0 Å². The standard InChI is InChI=1S/C16H27N3O/c1-3-20-16(9-6-4-5-7-10-16)14(17)13-12(2)8-11-19-15(13)18/h8,11,14H,3-7,9-10,17H2,1-2H3,(H2,18,19). The number of aryl methyl sites for hydroxylation is 1. The molecule has 1 atom stereocenters. The van der Waals surface area contributed by atoms with Crippen molar-refractivity contribution in [1.29, 1.82) is 0 Å². The number of rotatable bonds is 4. The Morgan fingerprint density at radius 3 is 2.50 bits per heavy atom. The summed E-state index contributed by atoms with van der Waals surface area (Å²) in [7, 11) is 0. The van der Waals surface area contributed by atoms with Gasteiger partial charge in [0.25, 0.3) is 0 Å². The molecule has 4 N–H and O–H groups in total. The van der Waals surface area contributed by atoms with Crippen LogP contribution in [0, 0.1) is 6.92 Å². The normalized spacial score (nSPS) is 20.4. The Morgan fingerprint density at radius 2 is 1.95 bits per heavy atom. The van der Waals surface area contributed by atoms with Crippen LogP contribution in [-0.2, 0) is 4.74 Å². The third-order valence-electron chi connectivity index (χ3n) is 4.50. The quantitative estimate of drug-likeness (QED) is 0.829. The van der Waals surface area contributed by atoms with Crippen LogP contribution in [0.2, 0.25) is 0 Å². The highest BCUT2D eigenvalue weighted by molar-refractivity contribution is 5.47. The summed E-state index contributed by atoms with van der Waals surface area (Å²) >= 11 is 0. The van der Waals surface area contributed by atoms with Gasteiger partial charge < -0.3 is 16.2 Å². The van der Waals surface area contributed by atoms with Gasteiger partial charge >= 0.3 is 0 Å². The van der Waals surface area contributed by atoms with E-state index < -0.39 is 0 Å². The molecule has 1 unspecified atom stereocenters. The molecule has 0 amide bonds. The molecule has 0 aliphatic heterocycles. The van der Waals surface area contributed by atoms with Gasteiger partial charge in [0.2, 0.25) is 0 Å². The second-order valence-corrected chi connectivity index (χ2v) is 5.82. The largest absolute Gasteiger partial charge is 0.383 e.